The average molecular weight is 287 g/mol. The van der Waals surface area contributed by atoms with Crippen molar-refractivity contribution in [1.82, 2.24) is 5.32 Å². The first-order chi connectivity index (χ1) is 10.1. The van der Waals surface area contributed by atoms with E-state index in [1.165, 1.54) is 12.1 Å². The zero-order valence-corrected chi connectivity index (χ0v) is 11.8. The Balaban J connectivity index is 1.85. The highest BCUT2D eigenvalue weighted by Crippen LogP contribution is 2.12. The van der Waals surface area contributed by atoms with Gasteiger partial charge in [-0.05, 0) is 30.3 Å². The van der Waals surface area contributed by atoms with E-state index >= 15 is 0 Å². The molecule has 2 rings (SSSR count). The molecule has 4 nitrogen and oxygen atoms in total. The molecule has 0 saturated carbocycles. The van der Waals surface area contributed by atoms with E-state index in [1.807, 2.05) is 42.3 Å². The van der Waals surface area contributed by atoms with Crippen LogP contribution in [0.2, 0.25) is 0 Å². The molecule has 1 amide bonds. The smallest absolute Gasteiger partial charge is 0.251 e. The Morgan fingerprint density at radius 3 is 2.62 bits per heavy atom. The molecular formula is C16H18FN3O. The lowest BCUT2D eigenvalue weighted by molar-refractivity contribution is 0.0954. The minimum absolute atomic E-state index is 0.0374. The summed E-state index contributed by atoms with van der Waals surface area (Å²) in [6.07, 6.45) is 0. The van der Waals surface area contributed by atoms with Gasteiger partial charge in [0.1, 0.15) is 5.82 Å². The number of likely N-dealkylation sites (N-methyl/N-ethyl adjacent to an activating group) is 1. The van der Waals surface area contributed by atoms with Gasteiger partial charge in [-0.1, -0.05) is 18.2 Å². The molecule has 0 aliphatic heterocycles. The van der Waals surface area contributed by atoms with E-state index in [0.29, 0.717) is 13.1 Å². The van der Waals surface area contributed by atoms with Gasteiger partial charge >= 0.3 is 0 Å². The van der Waals surface area contributed by atoms with E-state index in [0.717, 1.165) is 11.8 Å². The number of nitrogens with two attached hydrogens (primary N) is 1. The third-order valence-electron chi connectivity index (χ3n) is 3.19. The lowest BCUT2D eigenvalue weighted by Crippen LogP contribution is -2.33. The molecule has 2 aromatic rings. The number of para-hydroxylation sites is 1. The summed E-state index contributed by atoms with van der Waals surface area (Å²) in [6.45, 7) is 1.13. The molecule has 0 heterocycles. The van der Waals surface area contributed by atoms with E-state index in [1.54, 1.807) is 0 Å². The molecule has 0 aliphatic rings. The van der Waals surface area contributed by atoms with Crippen molar-refractivity contribution in [3.05, 3.63) is 59.9 Å². The van der Waals surface area contributed by atoms with E-state index in [-0.39, 0.29) is 17.2 Å². The fraction of sp³-hybridized carbons (Fsp3) is 0.188. The molecule has 0 bridgehead atoms. The van der Waals surface area contributed by atoms with Crippen LogP contribution in [0.1, 0.15) is 10.4 Å². The molecule has 0 unspecified atom stereocenters. The largest absolute Gasteiger partial charge is 0.396 e. The normalized spacial score (nSPS) is 10.2. The van der Waals surface area contributed by atoms with Gasteiger partial charge in [-0.15, -0.1) is 0 Å². The molecule has 0 aromatic heterocycles. The molecule has 5 heteroatoms. The van der Waals surface area contributed by atoms with Gasteiger partial charge in [0.05, 0.1) is 5.69 Å². The molecule has 3 N–H and O–H groups in total. The number of nitrogen functional groups attached to an aromatic ring is 1. The first kappa shape index (κ1) is 14.8. The van der Waals surface area contributed by atoms with Gasteiger partial charge < -0.3 is 16.0 Å². The van der Waals surface area contributed by atoms with Crippen LogP contribution in [0, 0.1) is 5.82 Å². The van der Waals surface area contributed by atoms with Crippen LogP contribution in [0.3, 0.4) is 0 Å². The molecular weight excluding hydrogens is 269 g/mol. The van der Waals surface area contributed by atoms with Crippen molar-refractivity contribution in [2.24, 2.45) is 0 Å². The van der Waals surface area contributed by atoms with Crippen molar-refractivity contribution in [3.8, 4) is 0 Å². The van der Waals surface area contributed by atoms with Crippen LogP contribution in [0.5, 0.6) is 0 Å². The summed E-state index contributed by atoms with van der Waals surface area (Å²) < 4.78 is 13.3. The number of hydrogen-bond acceptors (Lipinski definition) is 3. The van der Waals surface area contributed by atoms with E-state index in [2.05, 4.69) is 5.32 Å². The molecule has 0 spiro atoms. The maximum atomic E-state index is 13.3. The second kappa shape index (κ2) is 6.74. The van der Waals surface area contributed by atoms with Crippen LogP contribution in [-0.2, 0) is 0 Å². The highest BCUT2D eigenvalue weighted by molar-refractivity contribution is 5.94. The lowest BCUT2D eigenvalue weighted by Gasteiger charge is -2.19. The molecule has 110 valence electrons. The highest BCUT2D eigenvalue weighted by atomic mass is 19.1. The first-order valence-electron chi connectivity index (χ1n) is 6.67. The Hall–Kier alpha value is -2.56. The summed E-state index contributed by atoms with van der Waals surface area (Å²) in [4.78, 5) is 13.9. The Bertz CT molecular complexity index is 616. The summed E-state index contributed by atoms with van der Waals surface area (Å²) >= 11 is 0. The summed E-state index contributed by atoms with van der Waals surface area (Å²) in [6, 6.07) is 13.9. The van der Waals surface area contributed by atoms with Crippen LogP contribution in [-0.4, -0.2) is 26.0 Å². The lowest BCUT2D eigenvalue weighted by atomic mass is 10.2. The van der Waals surface area contributed by atoms with Crippen molar-refractivity contribution >= 4 is 17.3 Å². The van der Waals surface area contributed by atoms with Gasteiger partial charge in [-0.25, -0.2) is 4.39 Å². The minimum atomic E-state index is -0.580. The van der Waals surface area contributed by atoms with Crippen molar-refractivity contribution < 1.29 is 9.18 Å². The highest BCUT2D eigenvalue weighted by Gasteiger charge is 2.08. The van der Waals surface area contributed by atoms with Gasteiger partial charge in [0.15, 0.2) is 0 Å². The van der Waals surface area contributed by atoms with Crippen LogP contribution in [0.25, 0.3) is 0 Å². The van der Waals surface area contributed by atoms with E-state index in [4.69, 9.17) is 5.73 Å². The number of amides is 1. The predicted octanol–water partition coefficient (Wildman–Crippen LogP) is 2.27. The van der Waals surface area contributed by atoms with E-state index in [9.17, 15) is 9.18 Å². The number of rotatable bonds is 5. The number of hydrogen-bond donors (Lipinski definition) is 2. The molecule has 0 aliphatic carbocycles. The monoisotopic (exact) mass is 287 g/mol. The molecule has 0 fully saturated rings. The van der Waals surface area contributed by atoms with Crippen molar-refractivity contribution in [3.63, 3.8) is 0 Å². The Morgan fingerprint density at radius 1 is 1.24 bits per heavy atom. The Kier molecular flexibility index (Phi) is 4.77. The summed E-state index contributed by atoms with van der Waals surface area (Å²) in [5.74, 6) is -0.889. The topological polar surface area (TPSA) is 58.4 Å². The fourth-order valence-electron chi connectivity index (χ4n) is 1.92. The summed E-state index contributed by atoms with van der Waals surface area (Å²) in [5, 5.41) is 2.76. The number of carbonyl (C=O) groups is 1. The molecule has 2 aromatic carbocycles. The number of halogens is 1. The number of nitrogens with one attached hydrogen (secondary N) is 1. The third-order valence-corrected chi connectivity index (χ3v) is 3.19. The molecule has 0 saturated heterocycles. The van der Waals surface area contributed by atoms with Crippen molar-refractivity contribution in [1.29, 1.82) is 0 Å². The van der Waals surface area contributed by atoms with Crippen LogP contribution in [0.4, 0.5) is 15.8 Å². The zero-order chi connectivity index (χ0) is 15.2. The molecule has 21 heavy (non-hydrogen) atoms. The first-order valence-corrected chi connectivity index (χ1v) is 6.67. The van der Waals surface area contributed by atoms with Gasteiger partial charge in [0, 0.05) is 31.4 Å². The average Bonchev–Trinajstić information content (AvgIpc) is 2.50. The van der Waals surface area contributed by atoms with Gasteiger partial charge in [0.25, 0.3) is 5.91 Å². The van der Waals surface area contributed by atoms with Gasteiger partial charge in [-0.2, -0.15) is 0 Å². The third kappa shape index (κ3) is 3.95. The van der Waals surface area contributed by atoms with Crippen LogP contribution >= 0.6 is 0 Å². The maximum absolute atomic E-state index is 13.3. The van der Waals surface area contributed by atoms with Gasteiger partial charge in [-0.3, -0.25) is 4.79 Å². The zero-order valence-electron chi connectivity index (χ0n) is 11.8. The fourth-order valence-corrected chi connectivity index (χ4v) is 1.92. The second-order valence-corrected chi connectivity index (χ2v) is 4.75. The second-order valence-electron chi connectivity index (χ2n) is 4.75. The van der Waals surface area contributed by atoms with E-state index < -0.39 is 5.82 Å². The summed E-state index contributed by atoms with van der Waals surface area (Å²) in [7, 11) is 1.95. The summed E-state index contributed by atoms with van der Waals surface area (Å²) in [5.41, 5.74) is 6.76. The predicted molar refractivity (Wildman–Crippen MR) is 82.9 cm³/mol. The number of anilines is 2. The van der Waals surface area contributed by atoms with Crippen molar-refractivity contribution in [2.45, 2.75) is 0 Å². The number of nitrogens with zero attached hydrogens (tertiary/aromatic N) is 1. The molecule has 0 radical (unpaired) electrons. The number of benzene rings is 2. The Labute approximate surface area is 123 Å². The quantitative estimate of drug-likeness (QED) is 0.829. The van der Waals surface area contributed by atoms with Crippen LogP contribution in [0.15, 0.2) is 48.5 Å². The molecule has 0 atom stereocenters. The SMILES string of the molecule is CN(CCNC(=O)c1ccc(N)c(F)c1)c1ccccc1. The Morgan fingerprint density at radius 2 is 1.95 bits per heavy atom. The van der Waals surface area contributed by atoms with Gasteiger partial charge in [0.2, 0.25) is 0 Å². The van der Waals surface area contributed by atoms with Crippen LogP contribution < -0.4 is 16.0 Å². The maximum Gasteiger partial charge on any atom is 0.251 e. The minimum Gasteiger partial charge on any atom is -0.396 e. The number of carbonyl (C=O) groups excluding carboxylic acids is 1. The van der Waals surface area contributed by atoms with Crippen molar-refractivity contribution in [2.75, 3.05) is 30.8 Å². The standard InChI is InChI=1S/C16H18FN3O/c1-20(13-5-3-2-4-6-13)10-9-19-16(21)12-7-8-15(18)14(17)11-12/h2-8,11H,9-10,18H2,1H3,(H,19,21).